The molecule has 1 N–H and O–H groups in total. The van der Waals surface area contributed by atoms with Gasteiger partial charge in [0.25, 0.3) is 0 Å². The first kappa shape index (κ1) is 12.6. The maximum absolute atomic E-state index is 6.09. The van der Waals surface area contributed by atoms with Crippen LogP contribution in [0.2, 0.25) is 5.02 Å². The largest absolute Gasteiger partial charge is 0.313 e. The molecule has 2 rings (SSSR count). The molecule has 0 amide bonds. The zero-order valence-corrected chi connectivity index (χ0v) is 10.3. The molecule has 0 spiro atoms. The molecule has 0 bridgehead atoms. The summed E-state index contributed by atoms with van der Waals surface area (Å²) in [6.07, 6.45) is 3.35. The maximum atomic E-state index is 6.09. The van der Waals surface area contributed by atoms with E-state index in [4.69, 9.17) is 11.6 Å². The van der Waals surface area contributed by atoms with Crippen molar-refractivity contribution in [1.29, 1.82) is 0 Å². The Bertz CT molecular complexity index is 372. The lowest BCUT2D eigenvalue weighted by molar-refractivity contribution is 0.738. The topological polar surface area (TPSA) is 12.0 Å². The molecule has 1 aromatic rings. The molecule has 1 nitrogen and oxygen atoms in total. The number of halogens is 2. The number of hydrogen-bond acceptors (Lipinski definition) is 1. The summed E-state index contributed by atoms with van der Waals surface area (Å²) < 4.78 is 0. The zero-order chi connectivity index (χ0) is 9.97. The molecule has 0 aliphatic carbocycles. The van der Waals surface area contributed by atoms with Crippen molar-refractivity contribution in [3.8, 4) is 0 Å². The molecular formula is C12H15Cl2N. The van der Waals surface area contributed by atoms with E-state index < -0.39 is 0 Å². The van der Waals surface area contributed by atoms with Crippen LogP contribution in [0.15, 0.2) is 24.3 Å². The fourth-order valence-corrected chi connectivity index (χ4v) is 2.00. The molecule has 1 aliphatic rings. The molecule has 15 heavy (non-hydrogen) atoms. The van der Waals surface area contributed by atoms with Crippen LogP contribution in [-0.2, 0) is 0 Å². The number of nitrogens with one attached hydrogen (secondary N) is 1. The second-order valence-electron chi connectivity index (χ2n) is 3.60. The normalized spacial score (nSPS) is 15.5. The average molecular weight is 244 g/mol. The Hall–Kier alpha value is -0.500. The lowest BCUT2D eigenvalue weighted by atomic mass is 9.96. The van der Waals surface area contributed by atoms with Crippen LogP contribution in [0, 0.1) is 6.92 Å². The molecule has 1 aromatic carbocycles. The van der Waals surface area contributed by atoms with Crippen molar-refractivity contribution < 1.29 is 0 Å². The van der Waals surface area contributed by atoms with Gasteiger partial charge in [0.1, 0.15) is 0 Å². The Kier molecular flexibility index (Phi) is 4.65. The summed E-state index contributed by atoms with van der Waals surface area (Å²) in [7, 11) is 0. The van der Waals surface area contributed by atoms with Gasteiger partial charge in [0.15, 0.2) is 0 Å². The van der Waals surface area contributed by atoms with Crippen LogP contribution in [0.4, 0.5) is 0 Å². The molecule has 1 heterocycles. The van der Waals surface area contributed by atoms with E-state index in [1.165, 1.54) is 16.7 Å². The van der Waals surface area contributed by atoms with Gasteiger partial charge in [-0.25, -0.2) is 0 Å². The second-order valence-corrected chi connectivity index (χ2v) is 4.00. The van der Waals surface area contributed by atoms with Crippen molar-refractivity contribution in [1.82, 2.24) is 5.32 Å². The Labute approximate surface area is 102 Å². The molecular weight excluding hydrogens is 229 g/mol. The molecule has 82 valence electrons. The van der Waals surface area contributed by atoms with E-state index in [1.807, 2.05) is 12.1 Å². The molecule has 0 saturated heterocycles. The van der Waals surface area contributed by atoms with Crippen molar-refractivity contribution >= 4 is 29.6 Å². The van der Waals surface area contributed by atoms with E-state index in [-0.39, 0.29) is 12.4 Å². The van der Waals surface area contributed by atoms with Gasteiger partial charge in [-0.2, -0.15) is 0 Å². The highest BCUT2D eigenvalue weighted by atomic mass is 35.5. The molecule has 0 fully saturated rings. The van der Waals surface area contributed by atoms with Crippen LogP contribution in [0.1, 0.15) is 17.5 Å². The third-order valence-corrected chi connectivity index (χ3v) is 3.09. The highest BCUT2D eigenvalue weighted by molar-refractivity contribution is 6.31. The summed E-state index contributed by atoms with van der Waals surface area (Å²) in [4.78, 5) is 0. The van der Waals surface area contributed by atoms with E-state index in [2.05, 4.69) is 24.4 Å². The van der Waals surface area contributed by atoms with Crippen molar-refractivity contribution in [2.45, 2.75) is 13.3 Å². The van der Waals surface area contributed by atoms with Crippen molar-refractivity contribution in [3.63, 3.8) is 0 Å². The van der Waals surface area contributed by atoms with Crippen LogP contribution < -0.4 is 5.32 Å². The van der Waals surface area contributed by atoms with Crippen LogP contribution in [0.5, 0.6) is 0 Å². The first-order valence-corrected chi connectivity index (χ1v) is 5.32. The van der Waals surface area contributed by atoms with Crippen LogP contribution >= 0.6 is 24.0 Å². The molecule has 0 saturated carbocycles. The molecule has 0 aromatic heterocycles. The summed E-state index contributed by atoms with van der Waals surface area (Å²) in [5, 5.41) is 4.17. The van der Waals surface area contributed by atoms with Gasteiger partial charge >= 0.3 is 0 Å². The lowest BCUT2D eigenvalue weighted by Gasteiger charge is -2.16. The number of rotatable bonds is 1. The van der Waals surface area contributed by atoms with Crippen LogP contribution in [-0.4, -0.2) is 13.1 Å². The van der Waals surface area contributed by atoms with Gasteiger partial charge in [-0.15, -0.1) is 12.4 Å². The molecule has 0 radical (unpaired) electrons. The SMILES string of the molecule is Cc1c(Cl)cccc1C1=CCNCC1.Cl. The molecule has 3 heteroatoms. The monoisotopic (exact) mass is 243 g/mol. The van der Waals surface area contributed by atoms with Gasteiger partial charge in [-0.3, -0.25) is 0 Å². The van der Waals surface area contributed by atoms with Gasteiger partial charge in [0.2, 0.25) is 0 Å². The van der Waals surface area contributed by atoms with Gasteiger partial charge < -0.3 is 5.32 Å². The summed E-state index contributed by atoms with van der Waals surface area (Å²) in [5.41, 5.74) is 3.92. The van der Waals surface area contributed by atoms with Crippen LogP contribution in [0.3, 0.4) is 0 Å². The average Bonchev–Trinajstić information content (AvgIpc) is 2.23. The predicted molar refractivity (Wildman–Crippen MR) is 68.9 cm³/mol. The standard InChI is InChI=1S/C12H14ClN.ClH/c1-9-11(3-2-4-12(9)13)10-5-7-14-8-6-10;/h2-5,14H,6-8H2,1H3;1H. The van der Waals surface area contributed by atoms with Crippen LogP contribution in [0.25, 0.3) is 5.57 Å². The van der Waals surface area contributed by atoms with Gasteiger partial charge in [-0.05, 0) is 42.7 Å². The highest BCUT2D eigenvalue weighted by Gasteiger charge is 2.09. The Morgan fingerprint density at radius 2 is 2.13 bits per heavy atom. The van der Waals surface area contributed by atoms with E-state index in [0.717, 1.165) is 24.5 Å². The minimum atomic E-state index is 0. The number of hydrogen-bond donors (Lipinski definition) is 1. The quantitative estimate of drug-likeness (QED) is 0.797. The molecule has 0 atom stereocenters. The van der Waals surface area contributed by atoms with Crippen molar-refractivity contribution in [2.24, 2.45) is 0 Å². The Morgan fingerprint density at radius 3 is 2.80 bits per heavy atom. The van der Waals surface area contributed by atoms with Gasteiger partial charge in [-0.1, -0.05) is 29.8 Å². The third kappa shape index (κ3) is 2.75. The van der Waals surface area contributed by atoms with Crippen molar-refractivity contribution in [3.05, 3.63) is 40.4 Å². The Balaban J connectivity index is 0.00000112. The van der Waals surface area contributed by atoms with E-state index in [0.29, 0.717) is 0 Å². The number of benzene rings is 1. The first-order chi connectivity index (χ1) is 6.79. The molecule has 0 unspecified atom stereocenters. The zero-order valence-electron chi connectivity index (χ0n) is 8.72. The fraction of sp³-hybridized carbons (Fsp3) is 0.333. The van der Waals surface area contributed by atoms with E-state index in [1.54, 1.807) is 0 Å². The first-order valence-electron chi connectivity index (χ1n) is 4.94. The maximum Gasteiger partial charge on any atom is 0.0441 e. The minimum Gasteiger partial charge on any atom is -0.313 e. The summed E-state index contributed by atoms with van der Waals surface area (Å²) in [6.45, 7) is 4.12. The fourth-order valence-electron chi connectivity index (χ4n) is 1.82. The van der Waals surface area contributed by atoms with Crippen molar-refractivity contribution in [2.75, 3.05) is 13.1 Å². The lowest BCUT2D eigenvalue weighted by Crippen LogP contribution is -2.20. The molecule has 1 aliphatic heterocycles. The summed E-state index contributed by atoms with van der Waals surface area (Å²) in [5.74, 6) is 0. The predicted octanol–water partition coefficient (Wildman–Crippen LogP) is 3.45. The minimum absolute atomic E-state index is 0. The summed E-state index contributed by atoms with van der Waals surface area (Å²) in [6, 6.07) is 6.12. The summed E-state index contributed by atoms with van der Waals surface area (Å²) >= 11 is 6.09. The van der Waals surface area contributed by atoms with Gasteiger partial charge in [0, 0.05) is 11.6 Å². The van der Waals surface area contributed by atoms with E-state index in [9.17, 15) is 0 Å². The highest BCUT2D eigenvalue weighted by Crippen LogP contribution is 2.27. The van der Waals surface area contributed by atoms with E-state index >= 15 is 0 Å². The Morgan fingerprint density at radius 1 is 1.33 bits per heavy atom. The van der Waals surface area contributed by atoms with Gasteiger partial charge in [0.05, 0.1) is 0 Å². The third-order valence-electron chi connectivity index (χ3n) is 2.68. The second kappa shape index (κ2) is 5.55. The smallest absolute Gasteiger partial charge is 0.0441 e.